The number of para-hydroxylation sites is 2. The number of carbonyl (C=O) groups excluding carboxylic acids is 1. The van der Waals surface area contributed by atoms with E-state index in [9.17, 15) is 9.59 Å². The summed E-state index contributed by atoms with van der Waals surface area (Å²) in [5.74, 6) is -0.716. The minimum absolute atomic E-state index is 0. The highest BCUT2D eigenvalue weighted by Crippen LogP contribution is 2.08. The fourth-order valence-electron chi connectivity index (χ4n) is 1.51. The summed E-state index contributed by atoms with van der Waals surface area (Å²) in [6.45, 7) is 0. The molecule has 1 heterocycles. The second-order valence-electron chi connectivity index (χ2n) is 3.30. The van der Waals surface area contributed by atoms with Crippen LogP contribution in [0.4, 0.5) is 0 Å². The first kappa shape index (κ1) is 10.4. The van der Waals surface area contributed by atoms with Gasteiger partial charge in [-0.25, -0.2) is 9.78 Å². The predicted molar refractivity (Wildman–Crippen MR) is 59.4 cm³/mol. The number of ether oxygens (including phenoxy) is 1. The zero-order valence-electron chi connectivity index (χ0n) is 9.93. The molecule has 0 spiro atoms. The van der Waals surface area contributed by atoms with Crippen molar-refractivity contribution in [3.8, 4) is 0 Å². The first-order chi connectivity index (χ1) is 7.65. The number of benzene rings is 1. The van der Waals surface area contributed by atoms with E-state index in [0.717, 1.165) is 0 Å². The maximum Gasteiger partial charge on any atom is 1.00 e. The van der Waals surface area contributed by atoms with Gasteiger partial charge in [-0.15, -0.1) is 0 Å². The van der Waals surface area contributed by atoms with Crippen molar-refractivity contribution in [2.24, 2.45) is 7.05 Å². The van der Waals surface area contributed by atoms with Crippen molar-refractivity contribution in [3.63, 3.8) is 0 Å². The molecule has 0 aliphatic heterocycles. The molecule has 5 nitrogen and oxygen atoms in total. The zero-order chi connectivity index (χ0) is 11.7. The number of fused-ring (bicyclic) bond motifs is 1. The lowest BCUT2D eigenvalue weighted by Gasteiger charge is -2.05. The average molecular weight is 219 g/mol. The van der Waals surface area contributed by atoms with Crippen molar-refractivity contribution in [2.75, 3.05) is 7.11 Å². The monoisotopic (exact) mass is 219 g/mol. The van der Waals surface area contributed by atoms with Crippen LogP contribution in [0.2, 0.25) is 0 Å². The fraction of sp³-hybridized carbons (Fsp3) is 0.182. The van der Waals surface area contributed by atoms with E-state index in [1.807, 2.05) is 0 Å². The Hall–Kier alpha value is -2.17. The molecular formula is C11H11N2O3+. The number of carbonyl (C=O) groups is 1. The molecule has 0 fully saturated rings. The molecule has 0 radical (unpaired) electrons. The van der Waals surface area contributed by atoms with Gasteiger partial charge >= 0.3 is 7.40 Å². The van der Waals surface area contributed by atoms with Gasteiger partial charge in [-0.1, -0.05) is 12.1 Å². The lowest BCUT2D eigenvalue weighted by molar-refractivity contribution is 0.0591. The Balaban J connectivity index is 0.00000144. The van der Waals surface area contributed by atoms with Crippen LogP contribution in [0.1, 0.15) is 11.9 Å². The first-order valence-electron chi connectivity index (χ1n) is 4.69. The maximum atomic E-state index is 11.8. The molecule has 0 saturated carbocycles. The SMILES string of the molecule is COC(=O)c1nc2ccccc2n(C)c1=O.[H+]. The summed E-state index contributed by atoms with van der Waals surface area (Å²) in [7, 11) is 2.82. The van der Waals surface area contributed by atoms with Crippen LogP contribution in [-0.2, 0) is 11.8 Å². The molecule has 0 bridgehead atoms. The van der Waals surface area contributed by atoms with E-state index >= 15 is 0 Å². The molecule has 0 amide bonds. The number of hydrogen-bond acceptors (Lipinski definition) is 4. The van der Waals surface area contributed by atoms with Crippen LogP contribution in [0, 0.1) is 0 Å². The van der Waals surface area contributed by atoms with Crippen molar-refractivity contribution in [3.05, 3.63) is 40.3 Å². The topological polar surface area (TPSA) is 61.2 Å². The van der Waals surface area contributed by atoms with Crippen LogP contribution >= 0.6 is 0 Å². The standard InChI is InChI=1S/C11H10N2O3/c1-13-8-6-4-3-5-7(8)12-9(10(13)14)11(15)16-2/h3-6H,1-2H3/p+1. The van der Waals surface area contributed by atoms with E-state index < -0.39 is 11.5 Å². The van der Waals surface area contributed by atoms with Gasteiger partial charge in [-0.3, -0.25) is 4.79 Å². The summed E-state index contributed by atoms with van der Waals surface area (Å²) in [5, 5.41) is 0. The van der Waals surface area contributed by atoms with E-state index in [2.05, 4.69) is 9.72 Å². The van der Waals surface area contributed by atoms with Crippen LogP contribution in [0.3, 0.4) is 0 Å². The van der Waals surface area contributed by atoms with E-state index in [1.54, 1.807) is 31.3 Å². The molecule has 0 aliphatic rings. The highest BCUT2D eigenvalue weighted by Gasteiger charge is 2.15. The van der Waals surface area contributed by atoms with Gasteiger partial charge in [0.05, 0.1) is 18.1 Å². The molecule has 82 valence electrons. The van der Waals surface area contributed by atoms with E-state index in [1.165, 1.54) is 11.7 Å². The Bertz CT molecular complexity index is 622. The fourth-order valence-corrected chi connectivity index (χ4v) is 1.51. The summed E-state index contributed by atoms with van der Waals surface area (Å²) in [6.07, 6.45) is 0. The van der Waals surface area contributed by atoms with Crippen LogP contribution in [-0.4, -0.2) is 22.6 Å². The summed E-state index contributed by atoms with van der Waals surface area (Å²) in [4.78, 5) is 27.1. The number of esters is 1. The maximum absolute atomic E-state index is 11.8. The Morgan fingerprint density at radius 1 is 1.44 bits per heavy atom. The molecule has 0 N–H and O–H groups in total. The van der Waals surface area contributed by atoms with E-state index in [4.69, 9.17) is 0 Å². The van der Waals surface area contributed by atoms with Crippen LogP contribution < -0.4 is 5.56 Å². The number of rotatable bonds is 1. The van der Waals surface area contributed by atoms with Crippen molar-refractivity contribution in [2.45, 2.75) is 0 Å². The smallest absolute Gasteiger partial charge is 0.464 e. The molecule has 0 atom stereocenters. The lowest BCUT2D eigenvalue weighted by atomic mass is 10.3. The molecule has 2 rings (SSSR count). The Kier molecular flexibility index (Phi) is 2.44. The van der Waals surface area contributed by atoms with Gasteiger partial charge in [0.2, 0.25) is 5.69 Å². The molecule has 1 aromatic carbocycles. The summed E-state index contributed by atoms with van der Waals surface area (Å²) < 4.78 is 5.89. The molecule has 16 heavy (non-hydrogen) atoms. The molecule has 5 heteroatoms. The van der Waals surface area contributed by atoms with Crippen LogP contribution in [0.5, 0.6) is 0 Å². The number of aryl methyl sites for hydroxylation is 1. The molecule has 0 saturated heterocycles. The molecule has 0 aliphatic carbocycles. The summed E-state index contributed by atoms with van der Waals surface area (Å²) >= 11 is 0. The normalized spacial score (nSPS) is 10.4. The van der Waals surface area contributed by atoms with Crippen molar-refractivity contribution < 1.29 is 11.0 Å². The molecule has 0 unspecified atom stereocenters. The largest absolute Gasteiger partial charge is 1.00 e. The van der Waals surface area contributed by atoms with Gasteiger partial charge in [0.15, 0.2) is 0 Å². The van der Waals surface area contributed by atoms with E-state index in [0.29, 0.717) is 11.0 Å². The minimum atomic E-state index is -0.716. The van der Waals surface area contributed by atoms with Gasteiger partial charge in [0.25, 0.3) is 5.56 Å². The summed E-state index contributed by atoms with van der Waals surface area (Å²) in [5.41, 5.74) is 0.624. The Morgan fingerprint density at radius 3 is 2.81 bits per heavy atom. The second kappa shape index (κ2) is 3.77. The van der Waals surface area contributed by atoms with Gasteiger partial charge in [-0.05, 0) is 12.1 Å². The third-order valence-electron chi connectivity index (χ3n) is 2.36. The van der Waals surface area contributed by atoms with Crippen molar-refractivity contribution >= 4 is 17.0 Å². The first-order valence-corrected chi connectivity index (χ1v) is 4.69. The number of nitrogens with zero attached hydrogens (tertiary/aromatic N) is 2. The van der Waals surface area contributed by atoms with Gasteiger partial charge < -0.3 is 9.30 Å². The summed E-state index contributed by atoms with van der Waals surface area (Å²) in [6, 6.07) is 7.11. The predicted octanol–water partition coefficient (Wildman–Crippen LogP) is 0.833. The third-order valence-corrected chi connectivity index (χ3v) is 2.36. The van der Waals surface area contributed by atoms with E-state index in [-0.39, 0.29) is 7.12 Å². The van der Waals surface area contributed by atoms with Crippen LogP contribution in [0.25, 0.3) is 11.0 Å². The molecule has 2 aromatic rings. The Labute approximate surface area is 92.8 Å². The second-order valence-corrected chi connectivity index (χ2v) is 3.30. The van der Waals surface area contributed by atoms with Gasteiger partial charge in [0.1, 0.15) is 0 Å². The van der Waals surface area contributed by atoms with Crippen molar-refractivity contribution in [1.29, 1.82) is 0 Å². The average Bonchev–Trinajstić information content (AvgIpc) is 2.33. The molecule has 1 aromatic heterocycles. The highest BCUT2D eigenvalue weighted by atomic mass is 16.5. The van der Waals surface area contributed by atoms with Crippen LogP contribution in [0.15, 0.2) is 29.1 Å². The minimum Gasteiger partial charge on any atom is -0.464 e. The van der Waals surface area contributed by atoms with Gasteiger partial charge in [-0.2, -0.15) is 0 Å². The number of hydrogen-bond donors (Lipinski definition) is 0. The quantitative estimate of drug-likeness (QED) is 0.666. The number of methoxy groups -OCH3 is 1. The third kappa shape index (κ3) is 1.46. The van der Waals surface area contributed by atoms with Crippen molar-refractivity contribution in [1.82, 2.24) is 9.55 Å². The van der Waals surface area contributed by atoms with Gasteiger partial charge in [0, 0.05) is 7.05 Å². The number of aromatic nitrogens is 2. The zero-order valence-corrected chi connectivity index (χ0v) is 8.93. The Morgan fingerprint density at radius 2 is 2.12 bits per heavy atom. The molecular weight excluding hydrogens is 208 g/mol. The lowest BCUT2D eigenvalue weighted by Crippen LogP contribution is -2.27. The highest BCUT2D eigenvalue weighted by molar-refractivity contribution is 5.89.